The zero-order valence-electron chi connectivity index (χ0n) is 19.3. The van der Waals surface area contributed by atoms with Gasteiger partial charge in [-0.3, -0.25) is 9.69 Å². The molecular weight excluding hydrogens is 455 g/mol. The molecule has 0 radical (unpaired) electrons. The van der Waals surface area contributed by atoms with E-state index >= 15 is 0 Å². The Labute approximate surface area is 204 Å². The van der Waals surface area contributed by atoms with Crippen molar-refractivity contribution in [1.82, 2.24) is 15.2 Å². The minimum atomic E-state index is -0.330. The Hall–Kier alpha value is -3.00. The monoisotopic (exact) mass is 482 g/mol. The Balaban J connectivity index is 1.34. The molecule has 34 heavy (non-hydrogen) atoms. The number of amides is 1. The molecule has 4 rings (SSSR count). The first-order valence-corrected chi connectivity index (χ1v) is 11.6. The smallest absolute Gasteiger partial charge is 0.231 e. The van der Waals surface area contributed by atoms with Crippen molar-refractivity contribution >= 4 is 23.2 Å². The van der Waals surface area contributed by atoms with Gasteiger partial charge in [0.25, 0.3) is 0 Å². The van der Waals surface area contributed by atoms with E-state index in [1.54, 1.807) is 30.3 Å². The summed E-state index contributed by atoms with van der Waals surface area (Å²) in [6.07, 6.45) is 1.80. The van der Waals surface area contributed by atoms with Crippen LogP contribution in [0.2, 0.25) is 5.02 Å². The van der Waals surface area contributed by atoms with E-state index in [4.69, 9.17) is 16.3 Å². The summed E-state index contributed by atoms with van der Waals surface area (Å²) in [5.74, 6) is 0.457. The van der Waals surface area contributed by atoms with E-state index < -0.39 is 0 Å². The highest BCUT2D eigenvalue weighted by molar-refractivity contribution is 6.31. The van der Waals surface area contributed by atoms with Crippen LogP contribution < -0.4 is 15.0 Å². The fourth-order valence-corrected chi connectivity index (χ4v) is 4.14. The van der Waals surface area contributed by atoms with E-state index in [2.05, 4.69) is 22.1 Å². The molecule has 0 spiro atoms. The molecule has 1 saturated heterocycles. The predicted molar refractivity (Wildman–Crippen MR) is 132 cm³/mol. The van der Waals surface area contributed by atoms with E-state index in [9.17, 15) is 9.18 Å². The molecule has 2 heterocycles. The van der Waals surface area contributed by atoms with Crippen molar-refractivity contribution in [1.29, 1.82) is 0 Å². The lowest BCUT2D eigenvalue weighted by molar-refractivity contribution is -0.117. The quantitative estimate of drug-likeness (QED) is 0.530. The number of halogens is 2. The molecule has 1 aliphatic heterocycles. The van der Waals surface area contributed by atoms with Gasteiger partial charge in [-0.1, -0.05) is 23.7 Å². The molecule has 0 unspecified atom stereocenters. The summed E-state index contributed by atoms with van der Waals surface area (Å²) in [4.78, 5) is 21.1. The number of carbonyl (C=O) groups excluding carboxylic acids is 1. The summed E-state index contributed by atoms with van der Waals surface area (Å²) >= 11 is 6.56. The lowest BCUT2D eigenvalue weighted by atomic mass is 10.1. The van der Waals surface area contributed by atoms with Gasteiger partial charge in [0.1, 0.15) is 11.6 Å². The van der Waals surface area contributed by atoms with Crippen LogP contribution in [0.15, 0.2) is 60.8 Å². The zero-order chi connectivity index (χ0) is 24.1. The maximum atomic E-state index is 13.0. The Kier molecular flexibility index (Phi) is 7.77. The Bertz CT molecular complexity index is 1120. The molecule has 1 aliphatic rings. The molecule has 1 aromatic heterocycles. The largest absolute Gasteiger partial charge is 0.439 e. The van der Waals surface area contributed by atoms with Gasteiger partial charge in [0.15, 0.2) is 0 Å². The highest BCUT2D eigenvalue weighted by Crippen LogP contribution is 2.25. The van der Waals surface area contributed by atoms with Gasteiger partial charge >= 0.3 is 0 Å². The fraction of sp³-hybridized carbons (Fsp3) is 0.308. The third-order valence-corrected chi connectivity index (χ3v) is 6.19. The van der Waals surface area contributed by atoms with Crippen LogP contribution in [0.4, 0.5) is 10.1 Å². The summed E-state index contributed by atoms with van der Waals surface area (Å²) in [6, 6.07) is 15.4. The number of piperazine rings is 1. The molecule has 178 valence electrons. The predicted octanol–water partition coefficient (Wildman–Crippen LogP) is 4.67. The topological polar surface area (TPSA) is 57.7 Å². The minimum Gasteiger partial charge on any atom is -0.439 e. The van der Waals surface area contributed by atoms with Crippen LogP contribution in [-0.4, -0.2) is 48.5 Å². The van der Waals surface area contributed by atoms with Gasteiger partial charge in [-0.05, 0) is 54.4 Å². The normalized spacial score (nSPS) is 16.3. The van der Waals surface area contributed by atoms with Crippen LogP contribution in [0, 0.1) is 5.82 Å². The van der Waals surface area contributed by atoms with Gasteiger partial charge in [0.05, 0.1) is 6.42 Å². The average Bonchev–Trinajstić information content (AvgIpc) is 2.82. The maximum Gasteiger partial charge on any atom is 0.231 e. The number of benzene rings is 2. The highest BCUT2D eigenvalue weighted by atomic mass is 35.5. The van der Waals surface area contributed by atoms with E-state index in [1.165, 1.54) is 24.3 Å². The first-order valence-electron chi connectivity index (χ1n) is 11.3. The number of carbonyl (C=O) groups is 1. The number of hydrogen-bond donors (Lipinski definition) is 1. The van der Waals surface area contributed by atoms with Crippen molar-refractivity contribution in [2.45, 2.75) is 25.9 Å². The molecule has 2 aromatic carbocycles. The van der Waals surface area contributed by atoms with Crippen molar-refractivity contribution in [3.05, 3.63) is 82.8 Å². The van der Waals surface area contributed by atoms with Crippen LogP contribution in [0.25, 0.3) is 0 Å². The van der Waals surface area contributed by atoms with Gasteiger partial charge in [-0.15, -0.1) is 0 Å². The second-order valence-corrected chi connectivity index (χ2v) is 8.96. The lowest BCUT2D eigenvalue weighted by Gasteiger charge is -2.32. The number of pyridine rings is 1. The fourth-order valence-electron chi connectivity index (χ4n) is 3.91. The first kappa shape index (κ1) is 24.1. The molecule has 0 bridgehead atoms. The van der Waals surface area contributed by atoms with Crippen molar-refractivity contribution in [2.75, 3.05) is 31.6 Å². The zero-order valence-corrected chi connectivity index (χ0v) is 20.1. The molecule has 3 aromatic rings. The number of anilines is 1. The number of hydrogen-bond acceptors (Lipinski definition) is 5. The second kappa shape index (κ2) is 11.0. The standard InChI is InChI=1S/C26H28ClFN4O2/c1-18-16-32(12-11-29-18)17-20-4-7-22(14-24(20)27)31(2)26(33)13-19-3-10-25(30-15-19)34-23-8-5-21(28)6-9-23/h3-10,14-15,18,29H,11-13,16-17H2,1-2H3/t18-/m0/s1. The SMILES string of the molecule is C[C@H]1CN(Cc2ccc(N(C)C(=O)Cc3ccc(Oc4ccc(F)cc4)nc3)cc2Cl)CCN1. The average molecular weight is 483 g/mol. The first-order chi connectivity index (χ1) is 16.4. The summed E-state index contributed by atoms with van der Waals surface area (Å²) in [5.41, 5.74) is 2.57. The van der Waals surface area contributed by atoms with Crippen LogP contribution in [-0.2, 0) is 17.8 Å². The second-order valence-electron chi connectivity index (χ2n) is 8.56. The van der Waals surface area contributed by atoms with Crippen molar-refractivity contribution < 1.29 is 13.9 Å². The lowest BCUT2D eigenvalue weighted by Crippen LogP contribution is -2.48. The van der Waals surface area contributed by atoms with Crippen LogP contribution in [0.5, 0.6) is 11.6 Å². The van der Waals surface area contributed by atoms with Crippen LogP contribution in [0.1, 0.15) is 18.1 Å². The van der Waals surface area contributed by atoms with Gasteiger partial charge in [0, 0.05) is 62.2 Å². The summed E-state index contributed by atoms with van der Waals surface area (Å²) < 4.78 is 18.6. The van der Waals surface area contributed by atoms with Crippen molar-refractivity contribution in [3.63, 3.8) is 0 Å². The van der Waals surface area contributed by atoms with Crippen molar-refractivity contribution in [2.24, 2.45) is 0 Å². The molecule has 0 aliphatic carbocycles. The van der Waals surface area contributed by atoms with Gasteiger partial charge in [0.2, 0.25) is 11.8 Å². The van der Waals surface area contributed by atoms with E-state index in [-0.39, 0.29) is 18.1 Å². The summed E-state index contributed by atoms with van der Waals surface area (Å²) in [7, 11) is 1.74. The van der Waals surface area contributed by atoms with E-state index in [0.717, 1.165) is 43.0 Å². The molecule has 1 N–H and O–H groups in total. The van der Waals surface area contributed by atoms with Crippen molar-refractivity contribution in [3.8, 4) is 11.6 Å². The number of nitrogens with zero attached hydrogens (tertiary/aromatic N) is 3. The van der Waals surface area contributed by atoms with E-state index in [0.29, 0.717) is 22.7 Å². The third kappa shape index (κ3) is 6.32. The Morgan fingerprint density at radius 1 is 1.24 bits per heavy atom. The molecule has 1 atom stereocenters. The molecule has 1 fully saturated rings. The molecule has 6 nitrogen and oxygen atoms in total. The van der Waals surface area contributed by atoms with Gasteiger partial charge in [-0.25, -0.2) is 9.37 Å². The summed E-state index contributed by atoms with van der Waals surface area (Å²) in [6.45, 7) is 5.92. The molecule has 8 heteroatoms. The number of nitrogens with one attached hydrogen (secondary N) is 1. The van der Waals surface area contributed by atoms with E-state index in [1.807, 2.05) is 18.2 Å². The summed E-state index contributed by atoms with van der Waals surface area (Å²) in [5, 5.41) is 4.10. The maximum absolute atomic E-state index is 13.0. The van der Waals surface area contributed by atoms with Gasteiger partial charge in [-0.2, -0.15) is 0 Å². The number of likely N-dealkylation sites (N-methyl/N-ethyl adjacent to an activating group) is 1. The molecule has 0 saturated carbocycles. The minimum absolute atomic E-state index is 0.0752. The number of aromatic nitrogens is 1. The third-order valence-electron chi connectivity index (χ3n) is 5.83. The Morgan fingerprint density at radius 2 is 2.03 bits per heavy atom. The number of rotatable bonds is 7. The highest BCUT2D eigenvalue weighted by Gasteiger charge is 2.18. The molecule has 1 amide bonds. The van der Waals surface area contributed by atoms with Crippen LogP contribution >= 0.6 is 11.6 Å². The van der Waals surface area contributed by atoms with Gasteiger partial charge < -0.3 is 15.0 Å². The number of ether oxygens (including phenoxy) is 1. The molecular formula is C26H28ClFN4O2. The van der Waals surface area contributed by atoms with Crippen LogP contribution in [0.3, 0.4) is 0 Å². The Morgan fingerprint density at radius 3 is 2.71 bits per heavy atom.